The van der Waals surface area contributed by atoms with Crippen molar-refractivity contribution in [2.45, 2.75) is 17.8 Å². The van der Waals surface area contributed by atoms with E-state index in [0.29, 0.717) is 22.5 Å². The molecule has 9 heteroatoms. The van der Waals surface area contributed by atoms with Gasteiger partial charge in [0.2, 0.25) is 0 Å². The molecule has 3 heterocycles. The fraction of sp³-hybridized carbons (Fsp3) is 0.250. The highest BCUT2D eigenvalue weighted by molar-refractivity contribution is 8.13. The number of sulfone groups is 1. The maximum absolute atomic E-state index is 12.3. The summed E-state index contributed by atoms with van der Waals surface area (Å²) < 4.78 is 24.2. The number of hydrogen-bond acceptors (Lipinski definition) is 7. The first-order chi connectivity index (χ1) is 14.0. The summed E-state index contributed by atoms with van der Waals surface area (Å²) in [6.45, 7) is 0. The lowest BCUT2D eigenvalue weighted by atomic mass is 10.1. The summed E-state index contributed by atoms with van der Waals surface area (Å²) in [5.74, 6) is 1.19. The summed E-state index contributed by atoms with van der Waals surface area (Å²) in [6.07, 6.45) is 0. The van der Waals surface area contributed by atoms with E-state index in [4.69, 9.17) is 4.99 Å². The standard InChI is InChI=1S/C20H18N4O3S2/c25-19-14-8-4-5-9-15(14)21-18(23-19)10-28-20-22-16-11-29(26,27)12-17(16)24(20)13-6-2-1-3-7-13/h1-9,16-17H,10-12H2,(H,21,23,25)/t16-,17+/m1/s1. The predicted molar refractivity (Wildman–Crippen MR) is 116 cm³/mol. The molecule has 0 spiro atoms. The van der Waals surface area contributed by atoms with Crippen molar-refractivity contribution in [1.29, 1.82) is 0 Å². The third-order valence-electron chi connectivity index (χ3n) is 5.14. The third kappa shape index (κ3) is 3.44. The van der Waals surface area contributed by atoms with Gasteiger partial charge in [0.15, 0.2) is 15.0 Å². The van der Waals surface area contributed by atoms with Gasteiger partial charge in [0.1, 0.15) is 5.82 Å². The van der Waals surface area contributed by atoms with Crippen LogP contribution in [-0.4, -0.2) is 47.1 Å². The number of hydrogen-bond donors (Lipinski definition) is 1. The van der Waals surface area contributed by atoms with E-state index < -0.39 is 9.84 Å². The molecule has 1 saturated heterocycles. The maximum atomic E-state index is 12.3. The maximum Gasteiger partial charge on any atom is 0.258 e. The molecule has 0 aliphatic carbocycles. The lowest BCUT2D eigenvalue weighted by molar-refractivity contribution is 0.601. The van der Waals surface area contributed by atoms with E-state index in [1.165, 1.54) is 11.8 Å². The summed E-state index contributed by atoms with van der Waals surface area (Å²) in [4.78, 5) is 26.4. The van der Waals surface area contributed by atoms with E-state index in [1.54, 1.807) is 6.07 Å². The van der Waals surface area contributed by atoms with Gasteiger partial charge in [0.25, 0.3) is 5.56 Å². The molecule has 0 unspecified atom stereocenters. The first-order valence-corrected chi connectivity index (χ1v) is 12.0. The number of H-pyrrole nitrogens is 1. The molecule has 1 fully saturated rings. The molecule has 0 bridgehead atoms. The van der Waals surface area contributed by atoms with E-state index in [2.05, 4.69) is 9.97 Å². The zero-order valence-corrected chi connectivity index (χ0v) is 17.0. The van der Waals surface area contributed by atoms with Crippen molar-refractivity contribution in [2.75, 3.05) is 16.4 Å². The largest absolute Gasteiger partial charge is 0.315 e. The number of rotatable bonds is 3. The zero-order chi connectivity index (χ0) is 20.0. The van der Waals surface area contributed by atoms with Gasteiger partial charge in [-0.15, -0.1) is 0 Å². The minimum Gasteiger partial charge on any atom is -0.315 e. The Bertz CT molecular complexity index is 1270. The monoisotopic (exact) mass is 426 g/mol. The number of nitrogens with zero attached hydrogens (tertiary/aromatic N) is 3. The number of para-hydroxylation sites is 2. The van der Waals surface area contributed by atoms with Crippen molar-refractivity contribution in [2.24, 2.45) is 4.99 Å². The summed E-state index contributed by atoms with van der Waals surface area (Å²) >= 11 is 1.46. The van der Waals surface area contributed by atoms with E-state index in [1.807, 2.05) is 53.4 Å². The van der Waals surface area contributed by atoms with Gasteiger partial charge >= 0.3 is 0 Å². The molecule has 7 nitrogen and oxygen atoms in total. The summed E-state index contributed by atoms with van der Waals surface area (Å²) in [5, 5.41) is 1.32. The van der Waals surface area contributed by atoms with Gasteiger partial charge in [-0.3, -0.25) is 9.79 Å². The molecule has 2 aliphatic rings. The number of anilines is 1. The topological polar surface area (TPSA) is 95.5 Å². The van der Waals surface area contributed by atoms with Crippen LogP contribution >= 0.6 is 11.8 Å². The fourth-order valence-corrected chi connectivity index (χ4v) is 6.70. The number of thioether (sulfide) groups is 1. The molecule has 148 valence electrons. The Balaban J connectivity index is 1.44. The quantitative estimate of drug-likeness (QED) is 0.690. The molecule has 2 aliphatic heterocycles. The second kappa shape index (κ2) is 7.00. The highest BCUT2D eigenvalue weighted by atomic mass is 32.2. The number of aromatic nitrogens is 2. The van der Waals surface area contributed by atoms with Crippen molar-refractivity contribution in [3.63, 3.8) is 0 Å². The molecule has 5 rings (SSSR count). The molecule has 29 heavy (non-hydrogen) atoms. The number of amidine groups is 1. The Morgan fingerprint density at radius 3 is 2.66 bits per heavy atom. The van der Waals surface area contributed by atoms with Crippen LogP contribution in [0.1, 0.15) is 5.82 Å². The van der Waals surface area contributed by atoms with Crippen LogP contribution < -0.4 is 10.5 Å². The first kappa shape index (κ1) is 18.4. The van der Waals surface area contributed by atoms with Gasteiger partial charge in [-0.05, 0) is 24.3 Å². The molecule has 2 aromatic carbocycles. The summed E-state index contributed by atoms with van der Waals surface area (Å²) in [5.41, 5.74) is 1.41. The van der Waals surface area contributed by atoms with Gasteiger partial charge in [-0.1, -0.05) is 42.1 Å². The van der Waals surface area contributed by atoms with Crippen molar-refractivity contribution in [3.05, 3.63) is 70.8 Å². The smallest absolute Gasteiger partial charge is 0.258 e. The SMILES string of the molecule is O=c1[nH]c(CSC2=N[C@@H]3CS(=O)(=O)C[C@@H]3N2c2ccccc2)nc2ccccc12. The Kier molecular flexibility index (Phi) is 4.44. The van der Waals surface area contributed by atoms with E-state index in [9.17, 15) is 13.2 Å². The van der Waals surface area contributed by atoms with Crippen molar-refractivity contribution in [3.8, 4) is 0 Å². The van der Waals surface area contributed by atoms with Gasteiger partial charge < -0.3 is 9.88 Å². The molecule has 1 aromatic heterocycles. The highest BCUT2D eigenvalue weighted by Gasteiger charge is 2.47. The summed E-state index contributed by atoms with van der Waals surface area (Å²) in [6, 6.07) is 16.5. The van der Waals surface area contributed by atoms with Gasteiger partial charge in [-0.2, -0.15) is 0 Å². The van der Waals surface area contributed by atoms with Crippen molar-refractivity contribution in [1.82, 2.24) is 9.97 Å². The second-order valence-corrected chi connectivity index (χ2v) is 10.2. The Morgan fingerprint density at radius 2 is 1.83 bits per heavy atom. The zero-order valence-electron chi connectivity index (χ0n) is 15.4. The van der Waals surface area contributed by atoms with Crippen LogP contribution in [0.5, 0.6) is 0 Å². The van der Waals surface area contributed by atoms with Gasteiger partial charge in [0, 0.05) is 5.69 Å². The van der Waals surface area contributed by atoms with Gasteiger partial charge in [0.05, 0.1) is 40.2 Å². The first-order valence-electron chi connectivity index (χ1n) is 9.23. The third-order valence-corrected chi connectivity index (χ3v) is 7.82. The minimum absolute atomic E-state index is 0.0795. The van der Waals surface area contributed by atoms with Crippen LogP contribution in [-0.2, 0) is 15.6 Å². The minimum atomic E-state index is -3.08. The average Bonchev–Trinajstić information content (AvgIpc) is 3.18. The normalized spacial score (nSPS) is 22.6. The molecular formula is C20H18N4O3S2. The lowest BCUT2D eigenvalue weighted by Crippen LogP contribution is -2.39. The fourth-order valence-electron chi connectivity index (χ4n) is 3.86. The summed E-state index contributed by atoms with van der Waals surface area (Å²) in [7, 11) is -3.08. The number of aromatic amines is 1. The van der Waals surface area contributed by atoms with Crippen LogP contribution in [0.15, 0.2) is 64.4 Å². The molecule has 0 amide bonds. The van der Waals surface area contributed by atoms with E-state index in [0.717, 1.165) is 10.9 Å². The van der Waals surface area contributed by atoms with Crippen LogP contribution in [0.4, 0.5) is 5.69 Å². The van der Waals surface area contributed by atoms with Crippen molar-refractivity contribution >= 4 is 43.4 Å². The molecule has 2 atom stereocenters. The van der Waals surface area contributed by atoms with Crippen LogP contribution in [0, 0.1) is 0 Å². The number of aliphatic imine (C=N–C) groups is 1. The van der Waals surface area contributed by atoms with E-state index >= 15 is 0 Å². The number of nitrogens with one attached hydrogen (secondary N) is 1. The Hall–Kier alpha value is -2.65. The molecular weight excluding hydrogens is 408 g/mol. The lowest BCUT2D eigenvalue weighted by Gasteiger charge is -2.26. The number of benzene rings is 2. The van der Waals surface area contributed by atoms with E-state index in [-0.39, 0.29) is 29.1 Å². The molecule has 0 radical (unpaired) electrons. The Morgan fingerprint density at radius 1 is 1.07 bits per heavy atom. The average molecular weight is 427 g/mol. The van der Waals surface area contributed by atoms with Gasteiger partial charge in [-0.25, -0.2) is 13.4 Å². The Labute approximate surface area is 171 Å². The van der Waals surface area contributed by atoms with Crippen LogP contribution in [0.3, 0.4) is 0 Å². The molecule has 1 N–H and O–H groups in total. The molecule has 0 saturated carbocycles. The van der Waals surface area contributed by atoms with Crippen molar-refractivity contribution < 1.29 is 8.42 Å². The van der Waals surface area contributed by atoms with Crippen LogP contribution in [0.2, 0.25) is 0 Å². The highest BCUT2D eigenvalue weighted by Crippen LogP contribution is 2.35. The molecule has 3 aromatic rings. The van der Waals surface area contributed by atoms with Crippen LogP contribution in [0.25, 0.3) is 10.9 Å². The number of fused-ring (bicyclic) bond motifs is 2. The second-order valence-electron chi connectivity index (χ2n) is 7.15. The predicted octanol–water partition coefficient (Wildman–Crippen LogP) is 2.20.